The predicted octanol–water partition coefficient (Wildman–Crippen LogP) is 3.12. The summed E-state index contributed by atoms with van der Waals surface area (Å²) in [7, 11) is 0. The van der Waals surface area contributed by atoms with Crippen molar-refractivity contribution < 1.29 is 4.79 Å². The second-order valence-corrected chi connectivity index (χ2v) is 5.13. The molecule has 0 radical (unpaired) electrons. The number of nitrogens with zero attached hydrogens (tertiary/aromatic N) is 1. The van der Waals surface area contributed by atoms with Crippen molar-refractivity contribution in [3.8, 4) is 0 Å². The molecule has 4 nitrogen and oxygen atoms in total. The van der Waals surface area contributed by atoms with Crippen LogP contribution in [-0.2, 0) is 0 Å². The van der Waals surface area contributed by atoms with E-state index in [4.69, 9.17) is 29.6 Å². The number of amides is 2. The topological polar surface area (TPSA) is 58.4 Å². The van der Waals surface area contributed by atoms with Gasteiger partial charge < -0.3 is 16.0 Å². The first-order chi connectivity index (χ1) is 8.95. The standard InChI is InChI=1S/C13H18ClN3OS/c1-3-17(8-9(2)12(15)19)13(18)16-11-7-5-4-6-10(11)14/h4-7,9H,3,8H2,1-2H3,(H2,15,19)(H,16,18). The average molecular weight is 300 g/mol. The highest BCUT2D eigenvalue weighted by Crippen LogP contribution is 2.20. The van der Waals surface area contributed by atoms with E-state index in [1.807, 2.05) is 26.0 Å². The van der Waals surface area contributed by atoms with Crippen LogP contribution in [0.3, 0.4) is 0 Å². The minimum Gasteiger partial charge on any atom is -0.393 e. The Hall–Kier alpha value is -1.33. The number of nitrogens with two attached hydrogens (primary N) is 1. The summed E-state index contributed by atoms with van der Waals surface area (Å²) in [6.45, 7) is 4.86. The molecule has 0 fully saturated rings. The van der Waals surface area contributed by atoms with E-state index in [1.165, 1.54) is 0 Å². The third kappa shape index (κ3) is 4.69. The highest BCUT2D eigenvalue weighted by molar-refractivity contribution is 7.80. The van der Waals surface area contributed by atoms with Crippen molar-refractivity contribution >= 4 is 40.5 Å². The number of thiocarbonyl (C=S) groups is 1. The van der Waals surface area contributed by atoms with Gasteiger partial charge in [0.1, 0.15) is 0 Å². The molecule has 104 valence electrons. The Morgan fingerprint density at radius 3 is 2.68 bits per heavy atom. The minimum atomic E-state index is -0.210. The van der Waals surface area contributed by atoms with Gasteiger partial charge >= 0.3 is 6.03 Å². The quantitative estimate of drug-likeness (QED) is 0.821. The van der Waals surface area contributed by atoms with E-state index in [-0.39, 0.29) is 11.9 Å². The molecule has 19 heavy (non-hydrogen) atoms. The molecule has 1 rings (SSSR count). The molecule has 6 heteroatoms. The predicted molar refractivity (Wildman–Crippen MR) is 83.7 cm³/mol. The third-order valence-electron chi connectivity index (χ3n) is 2.76. The first kappa shape index (κ1) is 15.7. The fraction of sp³-hybridized carbons (Fsp3) is 0.385. The molecular formula is C13H18ClN3OS. The van der Waals surface area contributed by atoms with Crippen LogP contribution in [0, 0.1) is 5.92 Å². The smallest absolute Gasteiger partial charge is 0.321 e. The van der Waals surface area contributed by atoms with Gasteiger partial charge in [0.25, 0.3) is 0 Å². The van der Waals surface area contributed by atoms with Crippen LogP contribution in [0.2, 0.25) is 5.02 Å². The van der Waals surface area contributed by atoms with Crippen LogP contribution in [0.4, 0.5) is 10.5 Å². The molecule has 1 atom stereocenters. The van der Waals surface area contributed by atoms with Crippen molar-refractivity contribution in [3.05, 3.63) is 29.3 Å². The first-order valence-electron chi connectivity index (χ1n) is 6.05. The van der Waals surface area contributed by atoms with Gasteiger partial charge in [0.15, 0.2) is 0 Å². The maximum Gasteiger partial charge on any atom is 0.321 e. The van der Waals surface area contributed by atoms with E-state index in [2.05, 4.69) is 5.32 Å². The van der Waals surface area contributed by atoms with Crippen LogP contribution >= 0.6 is 23.8 Å². The number of nitrogens with one attached hydrogen (secondary N) is 1. The highest BCUT2D eigenvalue weighted by atomic mass is 35.5. The summed E-state index contributed by atoms with van der Waals surface area (Å²) in [5.41, 5.74) is 6.16. The summed E-state index contributed by atoms with van der Waals surface area (Å²) in [6, 6.07) is 6.90. The van der Waals surface area contributed by atoms with Crippen molar-refractivity contribution in [3.63, 3.8) is 0 Å². The molecule has 0 aromatic heterocycles. The van der Waals surface area contributed by atoms with E-state index in [9.17, 15) is 4.79 Å². The van der Waals surface area contributed by atoms with Gasteiger partial charge in [-0.15, -0.1) is 0 Å². The lowest BCUT2D eigenvalue weighted by Crippen LogP contribution is -2.40. The Kier molecular flexibility index (Phi) is 6.05. The lowest BCUT2D eigenvalue weighted by Gasteiger charge is -2.24. The van der Waals surface area contributed by atoms with Crippen molar-refractivity contribution in [2.24, 2.45) is 11.7 Å². The zero-order chi connectivity index (χ0) is 14.4. The number of rotatable bonds is 5. The Labute approximate surface area is 123 Å². The molecule has 0 heterocycles. The molecule has 0 aliphatic carbocycles. The molecule has 0 bridgehead atoms. The maximum atomic E-state index is 12.1. The van der Waals surface area contributed by atoms with Crippen LogP contribution in [-0.4, -0.2) is 29.0 Å². The van der Waals surface area contributed by atoms with Gasteiger partial charge in [-0.25, -0.2) is 4.79 Å². The Balaban J connectivity index is 2.69. The zero-order valence-corrected chi connectivity index (χ0v) is 12.6. The summed E-state index contributed by atoms with van der Waals surface area (Å²) in [6.07, 6.45) is 0. The number of anilines is 1. The van der Waals surface area contributed by atoms with E-state index >= 15 is 0 Å². The first-order valence-corrected chi connectivity index (χ1v) is 6.84. The average Bonchev–Trinajstić information content (AvgIpc) is 2.38. The molecule has 1 aromatic rings. The summed E-state index contributed by atoms with van der Waals surface area (Å²) < 4.78 is 0. The normalized spacial score (nSPS) is 11.7. The number of carbonyl (C=O) groups excluding carboxylic acids is 1. The number of benzene rings is 1. The molecule has 1 aromatic carbocycles. The summed E-state index contributed by atoms with van der Waals surface area (Å²) >= 11 is 10.9. The summed E-state index contributed by atoms with van der Waals surface area (Å²) in [5, 5.41) is 3.29. The highest BCUT2D eigenvalue weighted by Gasteiger charge is 2.17. The van der Waals surface area contributed by atoms with Gasteiger partial charge in [0, 0.05) is 19.0 Å². The lowest BCUT2D eigenvalue weighted by atomic mass is 10.1. The molecule has 0 saturated carbocycles. The molecule has 0 spiro atoms. The number of para-hydroxylation sites is 1. The van der Waals surface area contributed by atoms with Gasteiger partial charge in [-0.3, -0.25) is 0 Å². The largest absolute Gasteiger partial charge is 0.393 e. The molecule has 0 aliphatic heterocycles. The van der Waals surface area contributed by atoms with Gasteiger partial charge in [0.05, 0.1) is 15.7 Å². The summed E-state index contributed by atoms with van der Waals surface area (Å²) in [5.74, 6) is -0.0213. The van der Waals surface area contributed by atoms with Crippen LogP contribution in [0.25, 0.3) is 0 Å². The summed E-state index contributed by atoms with van der Waals surface area (Å²) in [4.78, 5) is 14.2. The number of urea groups is 1. The van der Waals surface area contributed by atoms with E-state index in [0.717, 1.165) is 0 Å². The number of hydrogen-bond donors (Lipinski definition) is 2. The molecule has 3 N–H and O–H groups in total. The van der Waals surface area contributed by atoms with Gasteiger partial charge in [-0.05, 0) is 19.1 Å². The maximum absolute atomic E-state index is 12.1. The van der Waals surface area contributed by atoms with E-state index in [1.54, 1.807) is 17.0 Å². The third-order valence-corrected chi connectivity index (χ3v) is 3.50. The Morgan fingerprint density at radius 1 is 1.53 bits per heavy atom. The van der Waals surface area contributed by atoms with Gasteiger partial charge in [0.2, 0.25) is 0 Å². The molecule has 2 amide bonds. The van der Waals surface area contributed by atoms with Gasteiger partial charge in [-0.1, -0.05) is 42.9 Å². The second kappa shape index (κ2) is 7.31. The molecule has 0 saturated heterocycles. The van der Waals surface area contributed by atoms with Crippen molar-refractivity contribution in [2.75, 3.05) is 18.4 Å². The second-order valence-electron chi connectivity index (χ2n) is 4.25. The van der Waals surface area contributed by atoms with Crippen molar-refractivity contribution in [1.29, 1.82) is 0 Å². The van der Waals surface area contributed by atoms with Crippen molar-refractivity contribution in [1.82, 2.24) is 4.90 Å². The number of hydrogen-bond acceptors (Lipinski definition) is 2. The molecular weight excluding hydrogens is 282 g/mol. The Bertz CT molecular complexity index is 467. The lowest BCUT2D eigenvalue weighted by molar-refractivity contribution is 0.211. The SMILES string of the molecule is CCN(CC(C)C(N)=S)C(=O)Nc1ccccc1Cl. The monoisotopic (exact) mass is 299 g/mol. The van der Waals surface area contributed by atoms with Crippen LogP contribution in [0.15, 0.2) is 24.3 Å². The van der Waals surface area contributed by atoms with Crippen molar-refractivity contribution in [2.45, 2.75) is 13.8 Å². The number of carbonyl (C=O) groups is 1. The van der Waals surface area contributed by atoms with Crippen LogP contribution in [0.1, 0.15) is 13.8 Å². The van der Waals surface area contributed by atoms with Crippen LogP contribution < -0.4 is 11.1 Å². The Morgan fingerprint density at radius 2 is 2.16 bits per heavy atom. The van der Waals surface area contributed by atoms with E-state index in [0.29, 0.717) is 28.8 Å². The fourth-order valence-electron chi connectivity index (χ4n) is 1.53. The molecule has 1 unspecified atom stereocenters. The van der Waals surface area contributed by atoms with E-state index < -0.39 is 0 Å². The minimum absolute atomic E-state index is 0.0213. The van der Waals surface area contributed by atoms with Crippen LogP contribution in [0.5, 0.6) is 0 Å². The number of halogens is 1. The zero-order valence-electron chi connectivity index (χ0n) is 11.0. The van der Waals surface area contributed by atoms with Gasteiger partial charge in [-0.2, -0.15) is 0 Å². The fourth-order valence-corrected chi connectivity index (χ4v) is 1.79. The molecule has 0 aliphatic rings.